The van der Waals surface area contributed by atoms with E-state index in [2.05, 4.69) is 4.98 Å². The number of fused-ring (bicyclic) bond motifs is 1. The van der Waals surface area contributed by atoms with Crippen LogP contribution in [-0.2, 0) is 10.0 Å². The van der Waals surface area contributed by atoms with Gasteiger partial charge in [-0.3, -0.25) is 0 Å². The van der Waals surface area contributed by atoms with E-state index in [1.807, 2.05) is 35.2 Å². The Balaban J connectivity index is 1.49. The van der Waals surface area contributed by atoms with E-state index in [0.717, 1.165) is 11.1 Å². The Morgan fingerprint density at radius 1 is 1.00 bits per heavy atom. The molecule has 26 heavy (non-hydrogen) atoms. The Kier molecular flexibility index (Phi) is 4.11. The number of hydrogen-bond acceptors (Lipinski definition) is 6. The van der Waals surface area contributed by atoms with Gasteiger partial charge in [-0.05, 0) is 36.4 Å². The SMILES string of the molecule is N#Cc1ccc(S(=O)(=O)N2CCN(c3nc4ccccc4o3)CC2)cc1. The molecule has 2 heterocycles. The quantitative estimate of drug-likeness (QED) is 0.704. The summed E-state index contributed by atoms with van der Waals surface area (Å²) in [5.74, 6) is 0. The first-order chi connectivity index (χ1) is 12.6. The van der Waals surface area contributed by atoms with E-state index in [9.17, 15) is 8.42 Å². The molecule has 0 N–H and O–H groups in total. The number of piperazine rings is 1. The molecule has 0 aliphatic carbocycles. The van der Waals surface area contributed by atoms with Gasteiger partial charge in [-0.15, -0.1) is 0 Å². The fraction of sp³-hybridized carbons (Fsp3) is 0.222. The zero-order valence-electron chi connectivity index (χ0n) is 13.9. The van der Waals surface area contributed by atoms with Gasteiger partial charge in [0.15, 0.2) is 5.58 Å². The second kappa shape index (κ2) is 6.44. The first-order valence-electron chi connectivity index (χ1n) is 8.19. The average molecular weight is 368 g/mol. The number of nitrogens with zero attached hydrogens (tertiary/aromatic N) is 4. The fourth-order valence-electron chi connectivity index (χ4n) is 2.97. The molecule has 0 radical (unpaired) electrons. The summed E-state index contributed by atoms with van der Waals surface area (Å²) in [4.78, 5) is 6.61. The zero-order chi connectivity index (χ0) is 18.1. The molecule has 2 aromatic carbocycles. The highest BCUT2D eigenvalue weighted by molar-refractivity contribution is 7.89. The van der Waals surface area contributed by atoms with Crippen LogP contribution >= 0.6 is 0 Å². The lowest BCUT2D eigenvalue weighted by Crippen LogP contribution is -2.48. The summed E-state index contributed by atoms with van der Waals surface area (Å²) in [7, 11) is -3.57. The van der Waals surface area contributed by atoms with Gasteiger partial charge in [0, 0.05) is 26.2 Å². The van der Waals surface area contributed by atoms with Crippen molar-refractivity contribution < 1.29 is 12.8 Å². The van der Waals surface area contributed by atoms with Crippen molar-refractivity contribution in [1.29, 1.82) is 5.26 Å². The molecule has 132 valence electrons. The molecule has 1 aromatic heterocycles. The van der Waals surface area contributed by atoms with Crippen molar-refractivity contribution in [2.24, 2.45) is 0 Å². The van der Waals surface area contributed by atoms with Crippen LogP contribution in [0.2, 0.25) is 0 Å². The molecular formula is C18H16N4O3S. The molecule has 1 saturated heterocycles. The minimum absolute atomic E-state index is 0.201. The predicted octanol–water partition coefficient (Wildman–Crippen LogP) is 2.21. The molecule has 0 atom stereocenters. The summed E-state index contributed by atoms with van der Waals surface area (Å²) in [6, 6.07) is 16.0. The van der Waals surface area contributed by atoms with E-state index in [0.29, 0.717) is 37.8 Å². The van der Waals surface area contributed by atoms with Gasteiger partial charge in [0.25, 0.3) is 6.01 Å². The van der Waals surface area contributed by atoms with Gasteiger partial charge < -0.3 is 9.32 Å². The van der Waals surface area contributed by atoms with Crippen LogP contribution in [-0.4, -0.2) is 43.9 Å². The summed E-state index contributed by atoms with van der Waals surface area (Å²) < 4.78 is 32.7. The smallest absolute Gasteiger partial charge is 0.298 e. The third-order valence-electron chi connectivity index (χ3n) is 4.41. The lowest BCUT2D eigenvalue weighted by Gasteiger charge is -2.33. The van der Waals surface area contributed by atoms with Crippen molar-refractivity contribution in [2.45, 2.75) is 4.90 Å². The van der Waals surface area contributed by atoms with E-state index in [1.165, 1.54) is 28.6 Å². The molecule has 0 unspecified atom stereocenters. The van der Waals surface area contributed by atoms with Gasteiger partial charge in [-0.2, -0.15) is 14.6 Å². The summed E-state index contributed by atoms with van der Waals surface area (Å²) in [6.45, 7) is 1.70. The molecule has 8 heteroatoms. The van der Waals surface area contributed by atoms with Gasteiger partial charge >= 0.3 is 0 Å². The molecule has 0 spiro atoms. The van der Waals surface area contributed by atoms with E-state index in [4.69, 9.17) is 9.68 Å². The summed E-state index contributed by atoms with van der Waals surface area (Å²) in [6.07, 6.45) is 0. The second-order valence-electron chi connectivity index (χ2n) is 5.99. The maximum Gasteiger partial charge on any atom is 0.298 e. The van der Waals surface area contributed by atoms with Crippen LogP contribution < -0.4 is 4.90 Å². The zero-order valence-corrected chi connectivity index (χ0v) is 14.7. The second-order valence-corrected chi connectivity index (χ2v) is 7.93. The maximum absolute atomic E-state index is 12.8. The number of aromatic nitrogens is 1. The first-order valence-corrected chi connectivity index (χ1v) is 9.63. The molecule has 0 bridgehead atoms. The maximum atomic E-state index is 12.8. The topological polar surface area (TPSA) is 90.4 Å². The van der Waals surface area contributed by atoms with Crippen LogP contribution in [0.5, 0.6) is 0 Å². The number of oxazole rings is 1. The highest BCUT2D eigenvalue weighted by atomic mass is 32.2. The van der Waals surface area contributed by atoms with Crippen LogP contribution in [0.3, 0.4) is 0 Å². The highest BCUT2D eigenvalue weighted by Crippen LogP contribution is 2.24. The normalized spacial score (nSPS) is 15.9. The van der Waals surface area contributed by atoms with E-state index in [-0.39, 0.29) is 4.90 Å². The number of nitriles is 1. The largest absolute Gasteiger partial charge is 0.423 e. The summed E-state index contributed by atoms with van der Waals surface area (Å²) >= 11 is 0. The molecule has 1 fully saturated rings. The van der Waals surface area contributed by atoms with Crippen molar-refractivity contribution >= 4 is 27.1 Å². The number of benzene rings is 2. The molecule has 3 aromatic rings. The van der Waals surface area contributed by atoms with E-state index in [1.54, 1.807) is 0 Å². The molecule has 0 amide bonds. The highest BCUT2D eigenvalue weighted by Gasteiger charge is 2.30. The monoisotopic (exact) mass is 368 g/mol. The van der Waals surface area contributed by atoms with Crippen LogP contribution in [0, 0.1) is 11.3 Å². The van der Waals surface area contributed by atoms with E-state index < -0.39 is 10.0 Å². The number of anilines is 1. The Morgan fingerprint density at radius 3 is 2.35 bits per heavy atom. The van der Waals surface area contributed by atoms with Crippen molar-refractivity contribution in [3.05, 3.63) is 54.1 Å². The Bertz CT molecular complexity index is 1040. The molecular weight excluding hydrogens is 352 g/mol. The van der Waals surface area contributed by atoms with Crippen LogP contribution in [0.25, 0.3) is 11.1 Å². The minimum atomic E-state index is -3.57. The molecule has 0 saturated carbocycles. The molecule has 1 aliphatic heterocycles. The third kappa shape index (κ3) is 2.92. The summed E-state index contributed by atoms with van der Waals surface area (Å²) in [5.41, 5.74) is 1.94. The lowest BCUT2D eigenvalue weighted by atomic mass is 10.2. The molecule has 1 aliphatic rings. The van der Waals surface area contributed by atoms with Gasteiger partial charge in [0.2, 0.25) is 10.0 Å². The number of para-hydroxylation sites is 2. The van der Waals surface area contributed by atoms with Crippen molar-refractivity contribution in [2.75, 3.05) is 31.1 Å². The first kappa shape index (κ1) is 16.6. The Labute approximate surface area is 151 Å². The van der Waals surface area contributed by atoms with Crippen molar-refractivity contribution in [1.82, 2.24) is 9.29 Å². The predicted molar refractivity (Wildman–Crippen MR) is 96.1 cm³/mol. The lowest BCUT2D eigenvalue weighted by molar-refractivity contribution is 0.373. The van der Waals surface area contributed by atoms with Crippen molar-refractivity contribution in [3.63, 3.8) is 0 Å². The Hall–Kier alpha value is -2.89. The fourth-order valence-corrected chi connectivity index (χ4v) is 4.39. The van der Waals surface area contributed by atoms with Gasteiger partial charge in [-0.1, -0.05) is 12.1 Å². The number of hydrogen-bond donors (Lipinski definition) is 0. The van der Waals surface area contributed by atoms with Crippen LogP contribution in [0.1, 0.15) is 5.56 Å². The van der Waals surface area contributed by atoms with Crippen molar-refractivity contribution in [3.8, 4) is 6.07 Å². The minimum Gasteiger partial charge on any atom is -0.423 e. The number of rotatable bonds is 3. The van der Waals surface area contributed by atoms with Gasteiger partial charge in [-0.25, -0.2) is 8.42 Å². The van der Waals surface area contributed by atoms with Crippen LogP contribution in [0.4, 0.5) is 6.01 Å². The van der Waals surface area contributed by atoms with Crippen LogP contribution in [0.15, 0.2) is 57.8 Å². The average Bonchev–Trinajstić information content (AvgIpc) is 3.12. The standard InChI is InChI=1S/C18H16N4O3S/c19-13-14-5-7-15(8-6-14)26(23,24)22-11-9-21(10-12-22)18-20-16-3-1-2-4-17(16)25-18/h1-8H,9-12H2. The Morgan fingerprint density at radius 2 is 1.69 bits per heavy atom. The van der Waals surface area contributed by atoms with E-state index >= 15 is 0 Å². The summed E-state index contributed by atoms with van der Waals surface area (Å²) in [5, 5.41) is 8.84. The van der Waals surface area contributed by atoms with Gasteiger partial charge in [0.1, 0.15) is 5.52 Å². The third-order valence-corrected chi connectivity index (χ3v) is 6.33. The number of sulfonamides is 1. The van der Waals surface area contributed by atoms with Gasteiger partial charge in [0.05, 0.1) is 16.5 Å². The molecule has 4 rings (SSSR count). The molecule has 7 nitrogen and oxygen atoms in total.